The summed E-state index contributed by atoms with van der Waals surface area (Å²) in [5, 5.41) is 9.03. The summed E-state index contributed by atoms with van der Waals surface area (Å²) in [5.41, 5.74) is 6.21. The van der Waals surface area contributed by atoms with Crippen LogP contribution in [0.4, 0.5) is 0 Å². The molecule has 186 valence electrons. The molecule has 3 rings (SSSR count). The molecule has 0 aliphatic carbocycles. The van der Waals surface area contributed by atoms with Crippen molar-refractivity contribution in [1.29, 1.82) is 0 Å². The average molecular weight is 475 g/mol. The lowest BCUT2D eigenvalue weighted by molar-refractivity contribution is -0.121. The topological polar surface area (TPSA) is 68.5 Å². The second kappa shape index (κ2) is 14.8. The van der Waals surface area contributed by atoms with Crippen LogP contribution in [-0.2, 0) is 4.79 Å². The summed E-state index contributed by atoms with van der Waals surface area (Å²) in [4.78, 5) is 12.2. The van der Waals surface area contributed by atoms with Crippen molar-refractivity contribution >= 4 is 12.1 Å². The lowest BCUT2D eigenvalue weighted by Gasteiger charge is -2.05. The smallest absolute Gasteiger partial charge is 0.240 e. The van der Waals surface area contributed by atoms with Gasteiger partial charge in [0, 0.05) is 23.7 Å². The Balaban J connectivity index is 1.64. The van der Waals surface area contributed by atoms with Gasteiger partial charge in [0.2, 0.25) is 5.91 Å². The van der Waals surface area contributed by atoms with Gasteiger partial charge in [-0.2, -0.15) is 10.2 Å². The number of carbonyl (C=O) groups is 1. The SMILES string of the molecule is CCCCCCCCCC(=O)NN=Cc1cn(-c2ccccc2)nc1-c1ccc(OCCC)cc1. The van der Waals surface area contributed by atoms with Gasteiger partial charge in [0.1, 0.15) is 11.4 Å². The number of unbranched alkanes of at least 4 members (excludes halogenated alkanes) is 6. The minimum absolute atomic E-state index is 0.0516. The summed E-state index contributed by atoms with van der Waals surface area (Å²) >= 11 is 0. The van der Waals surface area contributed by atoms with Gasteiger partial charge in [-0.05, 0) is 49.2 Å². The van der Waals surface area contributed by atoms with E-state index in [9.17, 15) is 4.79 Å². The third kappa shape index (κ3) is 8.71. The molecule has 0 aliphatic rings. The molecule has 2 aromatic carbocycles. The molecular weight excluding hydrogens is 436 g/mol. The van der Waals surface area contributed by atoms with E-state index >= 15 is 0 Å². The zero-order chi connectivity index (χ0) is 24.7. The number of para-hydroxylation sites is 1. The lowest BCUT2D eigenvalue weighted by Crippen LogP contribution is -2.16. The monoisotopic (exact) mass is 474 g/mol. The number of carbonyl (C=O) groups excluding carboxylic acids is 1. The van der Waals surface area contributed by atoms with Gasteiger partial charge in [-0.25, -0.2) is 10.1 Å². The molecule has 6 heteroatoms. The second-order valence-corrected chi connectivity index (χ2v) is 8.75. The van der Waals surface area contributed by atoms with Crippen molar-refractivity contribution in [2.75, 3.05) is 6.61 Å². The maximum Gasteiger partial charge on any atom is 0.240 e. The predicted octanol–water partition coefficient (Wildman–Crippen LogP) is 6.92. The van der Waals surface area contributed by atoms with Gasteiger partial charge < -0.3 is 4.74 Å². The van der Waals surface area contributed by atoms with Crippen molar-refractivity contribution in [3.8, 4) is 22.7 Å². The van der Waals surface area contributed by atoms with E-state index in [0.717, 1.165) is 47.5 Å². The van der Waals surface area contributed by atoms with Crippen LogP contribution in [0.15, 0.2) is 65.9 Å². The number of amides is 1. The summed E-state index contributed by atoms with van der Waals surface area (Å²) in [6.07, 6.45) is 13.4. The van der Waals surface area contributed by atoms with Crippen LogP contribution in [0.1, 0.15) is 77.2 Å². The van der Waals surface area contributed by atoms with Crippen molar-refractivity contribution in [2.24, 2.45) is 5.10 Å². The van der Waals surface area contributed by atoms with Gasteiger partial charge in [0.15, 0.2) is 0 Å². The minimum atomic E-state index is -0.0516. The number of hydrogen-bond acceptors (Lipinski definition) is 4. The first-order valence-electron chi connectivity index (χ1n) is 12.9. The Morgan fingerprint density at radius 1 is 0.943 bits per heavy atom. The number of hydrazone groups is 1. The highest BCUT2D eigenvalue weighted by Crippen LogP contribution is 2.25. The lowest BCUT2D eigenvalue weighted by atomic mass is 10.1. The normalized spacial score (nSPS) is 11.1. The maximum atomic E-state index is 12.2. The Morgan fingerprint density at radius 3 is 2.37 bits per heavy atom. The summed E-state index contributed by atoms with van der Waals surface area (Å²) in [7, 11) is 0. The van der Waals surface area contributed by atoms with Crippen LogP contribution in [0.2, 0.25) is 0 Å². The summed E-state index contributed by atoms with van der Waals surface area (Å²) in [5.74, 6) is 0.787. The van der Waals surface area contributed by atoms with Crippen molar-refractivity contribution in [3.63, 3.8) is 0 Å². The molecule has 1 aromatic heterocycles. The van der Waals surface area contributed by atoms with Gasteiger partial charge in [-0.15, -0.1) is 0 Å². The van der Waals surface area contributed by atoms with Crippen LogP contribution in [-0.4, -0.2) is 28.5 Å². The third-order valence-electron chi connectivity index (χ3n) is 5.76. The molecule has 6 nitrogen and oxygen atoms in total. The van der Waals surface area contributed by atoms with Crippen molar-refractivity contribution in [2.45, 2.75) is 71.6 Å². The minimum Gasteiger partial charge on any atom is -0.494 e. The molecule has 3 aromatic rings. The molecular formula is C29H38N4O2. The van der Waals surface area contributed by atoms with Crippen molar-refractivity contribution in [1.82, 2.24) is 15.2 Å². The first kappa shape index (κ1) is 26.2. The Bertz CT molecular complexity index is 1040. The first-order chi connectivity index (χ1) is 17.2. The van der Waals surface area contributed by atoms with Gasteiger partial charge in [-0.1, -0.05) is 70.6 Å². The van der Waals surface area contributed by atoms with Crippen LogP contribution in [0.5, 0.6) is 5.75 Å². The number of nitrogens with one attached hydrogen (secondary N) is 1. The van der Waals surface area contributed by atoms with Gasteiger partial charge in [-0.3, -0.25) is 4.79 Å². The molecule has 0 saturated carbocycles. The van der Waals surface area contributed by atoms with Crippen LogP contribution in [0.3, 0.4) is 0 Å². The zero-order valence-electron chi connectivity index (χ0n) is 21.1. The molecule has 1 N–H and O–H groups in total. The highest BCUT2D eigenvalue weighted by Gasteiger charge is 2.12. The molecule has 0 aliphatic heterocycles. The summed E-state index contributed by atoms with van der Waals surface area (Å²) < 4.78 is 7.54. The Kier molecular flexibility index (Phi) is 11.1. The number of nitrogens with zero attached hydrogens (tertiary/aromatic N) is 3. The van der Waals surface area contributed by atoms with E-state index in [2.05, 4.69) is 24.4 Å². The molecule has 1 amide bonds. The van der Waals surface area contributed by atoms with Gasteiger partial charge >= 0.3 is 0 Å². The number of rotatable bonds is 15. The Hall–Kier alpha value is -3.41. The summed E-state index contributed by atoms with van der Waals surface area (Å²) in [6.45, 7) is 5.00. The van der Waals surface area contributed by atoms with Crippen LogP contribution in [0.25, 0.3) is 16.9 Å². The van der Waals surface area contributed by atoms with Crippen molar-refractivity contribution in [3.05, 3.63) is 66.4 Å². The molecule has 0 unspecified atom stereocenters. The van der Waals surface area contributed by atoms with E-state index in [1.807, 2.05) is 65.5 Å². The van der Waals surface area contributed by atoms with Crippen molar-refractivity contribution < 1.29 is 9.53 Å². The Labute approximate surface area is 209 Å². The molecule has 1 heterocycles. The number of ether oxygens (including phenoxy) is 1. The van der Waals surface area contributed by atoms with Crippen LogP contribution in [0, 0.1) is 0 Å². The predicted molar refractivity (Wildman–Crippen MR) is 143 cm³/mol. The number of aromatic nitrogens is 2. The second-order valence-electron chi connectivity index (χ2n) is 8.75. The van der Waals surface area contributed by atoms with Gasteiger partial charge in [0.05, 0.1) is 18.5 Å². The molecule has 0 atom stereocenters. The molecule has 35 heavy (non-hydrogen) atoms. The van der Waals surface area contributed by atoms with Crippen LogP contribution < -0.4 is 10.2 Å². The zero-order valence-corrected chi connectivity index (χ0v) is 21.1. The fourth-order valence-corrected chi connectivity index (χ4v) is 3.82. The van der Waals surface area contributed by atoms with E-state index in [1.54, 1.807) is 6.21 Å². The molecule has 0 saturated heterocycles. The highest BCUT2D eigenvalue weighted by molar-refractivity contribution is 5.89. The van der Waals surface area contributed by atoms with E-state index in [1.165, 1.54) is 32.1 Å². The highest BCUT2D eigenvalue weighted by atomic mass is 16.5. The first-order valence-corrected chi connectivity index (χ1v) is 12.9. The molecule has 0 bridgehead atoms. The van der Waals surface area contributed by atoms with E-state index < -0.39 is 0 Å². The largest absolute Gasteiger partial charge is 0.494 e. The molecule has 0 fully saturated rings. The number of benzene rings is 2. The van der Waals surface area contributed by atoms with E-state index in [-0.39, 0.29) is 5.91 Å². The van der Waals surface area contributed by atoms with Gasteiger partial charge in [0.25, 0.3) is 0 Å². The maximum absolute atomic E-state index is 12.2. The van der Waals surface area contributed by atoms with E-state index in [4.69, 9.17) is 9.84 Å². The number of hydrogen-bond donors (Lipinski definition) is 1. The quantitative estimate of drug-likeness (QED) is 0.148. The standard InChI is InChI=1S/C29H38N4O2/c1-3-5-6-7-8-9-13-16-28(34)31-30-22-25-23-33(26-14-11-10-12-15-26)32-29(25)24-17-19-27(20-18-24)35-21-4-2/h10-12,14-15,17-20,22-23H,3-9,13,16,21H2,1-2H3,(H,31,34). The third-order valence-corrected chi connectivity index (χ3v) is 5.76. The molecule has 0 radical (unpaired) electrons. The summed E-state index contributed by atoms with van der Waals surface area (Å²) in [6, 6.07) is 17.9. The molecule has 0 spiro atoms. The average Bonchev–Trinajstić information content (AvgIpc) is 3.32. The van der Waals surface area contributed by atoms with Crippen LogP contribution >= 0.6 is 0 Å². The Morgan fingerprint density at radius 2 is 1.66 bits per heavy atom. The van der Waals surface area contributed by atoms with E-state index in [0.29, 0.717) is 13.0 Å². The fourth-order valence-electron chi connectivity index (χ4n) is 3.82. The fraction of sp³-hybridized carbons (Fsp3) is 0.414.